The van der Waals surface area contributed by atoms with E-state index in [1.54, 1.807) is 11.3 Å². The largest absolute Gasteiger partial charge is 0.345 e. The first-order valence-corrected chi connectivity index (χ1v) is 7.14. The molecule has 1 atom stereocenters. The molecule has 1 aromatic heterocycles. The molecule has 4 heteroatoms. The van der Waals surface area contributed by atoms with Gasteiger partial charge in [-0.3, -0.25) is 0 Å². The van der Waals surface area contributed by atoms with E-state index in [1.807, 2.05) is 0 Å². The molecule has 1 aliphatic heterocycles. The van der Waals surface area contributed by atoms with Crippen LogP contribution < -0.4 is 10.2 Å². The lowest BCUT2D eigenvalue weighted by Gasteiger charge is -2.22. The van der Waals surface area contributed by atoms with Crippen LogP contribution in [0.1, 0.15) is 38.8 Å². The van der Waals surface area contributed by atoms with Crippen LogP contribution in [-0.2, 0) is 6.54 Å². The van der Waals surface area contributed by atoms with Crippen molar-refractivity contribution >= 4 is 16.5 Å². The quantitative estimate of drug-likeness (QED) is 0.856. The molecule has 1 N–H and O–H groups in total. The molecule has 0 bridgehead atoms. The Kier molecular flexibility index (Phi) is 4.18. The summed E-state index contributed by atoms with van der Waals surface area (Å²) in [4.78, 5) is 7.20. The molecule has 90 valence electrons. The third-order valence-corrected chi connectivity index (χ3v) is 4.12. The van der Waals surface area contributed by atoms with Gasteiger partial charge in [-0.25, -0.2) is 4.98 Å². The van der Waals surface area contributed by atoms with Gasteiger partial charge in [0.25, 0.3) is 0 Å². The number of aromatic nitrogens is 1. The first kappa shape index (κ1) is 11.9. The molecular weight excluding hydrogens is 218 g/mol. The van der Waals surface area contributed by atoms with Gasteiger partial charge in [-0.05, 0) is 25.8 Å². The number of hydrogen-bond acceptors (Lipinski definition) is 4. The molecule has 2 rings (SSSR count). The Hall–Kier alpha value is -0.610. The van der Waals surface area contributed by atoms with Crippen molar-refractivity contribution in [2.45, 2.75) is 45.7 Å². The molecule has 0 saturated carbocycles. The van der Waals surface area contributed by atoms with E-state index < -0.39 is 0 Å². The fraction of sp³-hybridized carbons (Fsp3) is 0.750. The number of nitrogens with zero attached hydrogens (tertiary/aromatic N) is 2. The smallest absolute Gasteiger partial charge is 0.185 e. The van der Waals surface area contributed by atoms with Crippen LogP contribution in [0.3, 0.4) is 0 Å². The van der Waals surface area contributed by atoms with Crippen molar-refractivity contribution in [3.8, 4) is 0 Å². The number of rotatable bonds is 5. The van der Waals surface area contributed by atoms with E-state index in [0.29, 0.717) is 0 Å². The van der Waals surface area contributed by atoms with Crippen molar-refractivity contribution in [3.05, 3.63) is 11.1 Å². The molecule has 1 unspecified atom stereocenters. The summed E-state index contributed by atoms with van der Waals surface area (Å²) in [5, 5.41) is 6.72. The van der Waals surface area contributed by atoms with Gasteiger partial charge in [-0.15, -0.1) is 11.3 Å². The molecule has 2 heterocycles. The number of anilines is 1. The summed E-state index contributed by atoms with van der Waals surface area (Å²) in [5.41, 5.74) is 1.18. The maximum Gasteiger partial charge on any atom is 0.185 e. The van der Waals surface area contributed by atoms with E-state index in [0.717, 1.165) is 19.1 Å². The Bertz CT molecular complexity index is 324. The SMILES string of the molecule is CCNCc1csc(N2CCCC2CC)n1. The minimum atomic E-state index is 0.720. The van der Waals surface area contributed by atoms with Gasteiger partial charge in [0.05, 0.1) is 5.69 Å². The van der Waals surface area contributed by atoms with Crippen LogP contribution >= 0.6 is 11.3 Å². The van der Waals surface area contributed by atoms with Crippen molar-refractivity contribution in [1.29, 1.82) is 0 Å². The van der Waals surface area contributed by atoms with Crippen LogP contribution in [0.2, 0.25) is 0 Å². The van der Waals surface area contributed by atoms with E-state index in [4.69, 9.17) is 4.98 Å². The highest BCUT2D eigenvalue weighted by Crippen LogP contribution is 2.29. The lowest BCUT2D eigenvalue weighted by Crippen LogP contribution is -2.28. The Morgan fingerprint density at radius 2 is 2.44 bits per heavy atom. The Morgan fingerprint density at radius 1 is 1.56 bits per heavy atom. The second-order valence-electron chi connectivity index (χ2n) is 4.30. The van der Waals surface area contributed by atoms with Gasteiger partial charge < -0.3 is 10.2 Å². The first-order valence-electron chi connectivity index (χ1n) is 6.27. The highest BCUT2D eigenvalue weighted by Gasteiger charge is 2.24. The third-order valence-electron chi connectivity index (χ3n) is 3.19. The lowest BCUT2D eigenvalue weighted by molar-refractivity contribution is 0.642. The average molecular weight is 239 g/mol. The minimum absolute atomic E-state index is 0.720. The Balaban J connectivity index is 2.00. The molecule has 1 aromatic rings. The van der Waals surface area contributed by atoms with E-state index in [1.165, 1.54) is 36.6 Å². The topological polar surface area (TPSA) is 28.2 Å². The molecule has 1 aliphatic rings. The zero-order chi connectivity index (χ0) is 11.4. The molecule has 0 aromatic carbocycles. The molecular formula is C12H21N3S. The lowest BCUT2D eigenvalue weighted by atomic mass is 10.2. The van der Waals surface area contributed by atoms with Gasteiger partial charge in [-0.2, -0.15) is 0 Å². The summed E-state index contributed by atoms with van der Waals surface area (Å²) in [5.74, 6) is 0. The van der Waals surface area contributed by atoms with Crippen LogP contribution in [-0.4, -0.2) is 24.1 Å². The van der Waals surface area contributed by atoms with Crippen LogP contribution in [0.15, 0.2) is 5.38 Å². The van der Waals surface area contributed by atoms with E-state index in [2.05, 4.69) is 29.4 Å². The van der Waals surface area contributed by atoms with Crippen LogP contribution in [0, 0.1) is 0 Å². The van der Waals surface area contributed by atoms with E-state index >= 15 is 0 Å². The predicted molar refractivity (Wildman–Crippen MR) is 70.2 cm³/mol. The molecule has 0 aliphatic carbocycles. The summed E-state index contributed by atoms with van der Waals surface area (Å²) in [6.07, 6.45) is 3.89. The van der Waals surface area contributed by atoms with Gasteiger partial charge in [-0.1, -0.05) is 13.8 Å². The maximum absolute atomic E-state index is 4.71. The molecule has 3 nitrogen and oxygen atoms in total. The highest BCUT2D eigenvalue weighted by molar-refractivity contribution is 7.13. The van der Waals surface area contributed by atoms with Crippen molar-refractivity contribution in [3.63, 3.8) is 0 Å². The van der Waals surface area contributed by atoms with Gasteiger partial charge in [0.2, 0.25) is 0 Å². The van der Waals surface area contributed by atoms with Crippen molar-refractivity contribution in [2.75, 3.05) is 18.0 Å². The fourth-order valence-corrected chi connectivity index (χ4v) is 3.20. The van der Waals surface area contributed by atoms with Crippen LogP contribution in [0.5, 0.6) is 0 Å². The maximum atomic E-state index is 4.71. The monoisotopic (exact) mass is 239 g/mol. The standard InChI is InChI=1S/C12H21N3S/c1-3-11-6-5-7-15(11)12-14-10(9-16-12)8-13-4-2/h9,11,13H,3-8H2,1-2H3. The number of nitrogens with one attached hydrogen (secondary N) is 1. The average Bonchev–Trinajstić information content (AvgIpc) is 2.94. The number of thiazole rings is 1. The molecule has 0 amide bonds. The van der Waals surface area contributed by atoms with Crippen molar-refractivity contribution in [2.24, 2.45) is 0 Å². The summed E-state index contributed by atoms with van der Waals surface area (Å²) in [7, 11) is 0. The van der Waals surface area contributed by atoms with Crippen LogP contribution in [0.4, 0.5) is 5.13 Å². The Labute approximate surface area is 102 Å². The highest BCUT2D eigenvalue weighted by atomic mass is 32.1. The van der Waals surface area contributed by atoms with Gasteiger partial charge in [0.1, 0.15) is 0 Å². The summed E-state index contributed by atoms with van der Waals surface area (Å²) < 4.78 is 0. The predicted octanol–water partition coefficient (Wildman–Crippen LogP) is 2.63. The minimum Gasteiger partial charge on any atom is -0.345 e. The second-order valence-corrected chi connectivity index (χ2v) is 5.14. The van der Waals surface area contributed by atoms with Crippen molar-refractivity contribution in [1.82, 2.24) is 10.3 Å². The van der Waals surface area contributed by atoms with E-state index in [-0.39, 0.29) is 0 Å². The number of hydrogen-bond donors (Lipinski definition) is 1. The van der Waals surface area contributed by atoms with Crippen LogP contribution in [0.25, 0.3) is 0 Å². The van der Waals surface area contributed by atoms with Gasteiger partial charge in [0, 0.05) is 24.5 Å². The van der Waals surface area contributed by atoms with Gasteiger partial charge in [0.15, 0.2) is 5.13 Å². The zero-order valence-corrected chi connectivity index (χ0v) is 11.0. The molecule has 1 saturated heterocycles. The summed E-state index contributed by atoms with van der Waals surface area (Å²) in [6.45, 7) is 7.50. The first-order chi connectivity index (χ1) is 7.85. The summed E-state index contributed by atoms with van der Waals surface area (Å²) >= 11 is 1.79. The molecule has 0 spiro atoms. The molecule has 1 fully saturated rings. The zero-order valence-electron chi connectivity index (χ0n) is 10.2. The van der Waals surface area contributed by atoms with Gasteiger partial charge >= 0.3 is 0 Å². The Morgan fingerprint density at radius 3 is 3.19 bits per heavy atom. The fourth-order valence-electron chi connectivity index (χ4n) is 2.27. The summed E-state index contributed by atoms with van der Waals surface area (Å²) in [6, 6.07) is 0.720. The van der Waals surface area contributed by atoms with E-state index in [9.17, 15) is 0 Å². The van der Waals surface area contributed by atoms with Crippen molar-refractivity contribution < 1.29 is 0 Å². The second kappa shape index (κ2) is 5.64. The normalized spacial score (nSPS) is 20.6. The molecule has 16 heavy (non-hydrogen) atoms. The third kappa shape index (κ3) is 2.55. The molecule has 0 radical (unpaired) electrons.